The highest BCUT2D eigenvalue weighted by molar-refractivity contribution is 14.0. The molecule has 0 aliphatic rings. The summed E-state index contributed by atoms with van der Waals surface area (Å²) >= 11 is 0. The molecule has 2 rings (SSSR count). The summed E-state index contributed by atoms with van der Waals surface area (Å²) in [6.07, 6.45) is 2.06. The summed E-state index contributed by atoms with van der Waals surface area (Å²) in [7, 11) is 0. The number of nitrogens with zero attached hydrogens (tertiary/aromatic N) is 3. The summed E-state index contributed by atoms with van der Waals surface area (Å²) in [6.45, 7) is 9.12. The van der Waals surface area contributed by atoms with Crippen LogP contribution < -0.4 is 10.6 Å². The number of benzene rings is 1. The number of hydrogen-bond acceptors (Lipinski definition) is 4. The standard InChI is InChI=1S/C20H29N5O2.HI/c1-4-21-20(22-13-12-18(26)25(5-2)6-3)23-14-17-15-27-19(24-17)16-10-8-7-9-11-16;/h7-11,15H,4-6,12-14H2,1-3H3,(H2,21,22,23);1H. The van der Waals surface area contributed by atoms with Crippen LogP contribution in [0.2, 0.25) is 0 Å². The molecule has 2 N–H and O–H groups in total. The summed E-state index contributed by atoms with van der Waals surface area (Å²) in [5.41, 5.74) is 1.69. The lowest BCUT2D eigenvalue weighted by Gasteiger charge is -2.19. The molecule has 2 aromatic rings. The molecule has 0 spiro atoms. The van der Waals surface area contributed by atoms with Crippen molar-refractivity contribution in [2.45, 2.75) is 33.7 Å². The zero-order valence-corrected chi connectivity index (χ0v) is 19.1. The Bertz CT molecular complexity index is 729. The number of oxazole rings is 1. The van der Waals surface area contributed by atoms with Crippen LogP contribution in [0.5, 0.6) is 0 Å². The fraction of sp³-hybridized carbons (Fsp3) is 0.450. The van der Waals surface area contributed by atoms with Crippen LogP contribution in [-0.4, -0.2) is 47.9 Å². The van der Waals surface area contributed by atoms with E-state index in [1.165, 1.54) is 0 Å². The molecular formula is C20H30IN5O2. The van der Waals surface area contributed by atoms with Crippen LogP contribution in [-0.2, 0) is 11.3 Å². The van der Waals surface area contributed by atoms with E-state index in [0.717, 1.165) is 30.9 Å². The Morgan fingerprint density at radius 3 is 2.50 bits per heavy atom. The number of nitrogens with one attached hydrogen (secondary N) is 2. The maximum Gasteiger partial charge on any atom is 0.226 e. The Morgan fingerprint density at radius 2 is 1.86 bits per heavy atom. The first-order valence-electron chi connectivity index (χ1n) is 9.47. The molecule has 1 aromatic carbocycles. The Labute approximate surface area is 184 Å². The maximum absolute atomic E-state index is 12.1. The third-order valence-electron chi connectivity index (χ3n) is 4.06. The van der Waals surface area contributed by atoms with Gasteiger partial charge in [0.2, 0.25) is 11.8 Å². The minimum Gasteiger partial charge on any atom is -0.444 e. The second-order valence-electron chi connectivity index (χ2n) is 5.95. The van der Waals surface area contributed by atoms with Crippen molar-refractivity contribution >= 4 is 35.8 Å². The number of halogens is 1. The molecule has 0 fully saturated rings. The van der Waals surface area contributed by atoms with Gasteiger partial charge in [-0.15, -0.1) is 24.0 Å². The normalized spacial score (nSPS) is 10.9. The van der Waals surface area contributed by atoms with Gasteiger partial charge in [0.25, 0.3) is 0 Å². The molecule has 0 saturated heterocycles. The van der Waals surface area contributed by atoms with Crippen LogP contribution in [0.4, 0.5) is 0 Å². The number of amides is 1. The summed E-state index contributed by atoms with van der Waals surface area (Å²) < 4.78 is 5.54. The van der Waals surface area contributed by atoms with Gasteiger partial charge in [0.15, 0.2) is 5.96 Å². The summed E-state index contributed by atoms with van der Waals surface area (Å²) in [4.78, 5) is 22.9. The molecule has 0 atom stereocenters. The number of aliphatic imine (C=N–C) groups is 1. The largest absolute Gasteiger partial charge is 0.444 e. The van der Waals surface area contributed by atoms with Crippen LogP contribution in [0, 0.1) is 0 Å². The van der Waals surface area contributed by atoms with Crippen LogP contribution in [0.25, 0.3) is 11.5 Å². The predicted molar refractivity (Wildman–Crippen MR) is 123 cm³/mol. The molecule has 28 heavy (non-hydrogen) atoms. The first-order valence-corrected chi connectivity index (χ1v) is 9.47. The molecule has 0 saturated carbocycles. The fourth-order valence-corrected chi connectivity index (χ4v) is 2.62. The SMILES string of the molecule is CCNC(=NCc1coc(-c2ccccc2)n1)NCCC(=O)N(CC)CC.I. The fourth-order valence-electron chi connectivity index (χ4n) is 2.62. The molecular weight excluding hydrogens is 469 g/mol. The summed E-state index contributed by atoms with van der Waals surface area (Å²) in [5, 5.41) is 6.37. The van der Waals surface area contributed by atoms with Crippen molar-refractivity contribution in [3.63, 3.8) is 0 Å². The van der Waals surface area contributed by atoms with Gasteiger partial charge in [-0.2, -0.15) is 0 Å². The molecule has 1 aromatic heterocycles. The van der Waals surface area contributed by atoms with E-state index in [-0.39, 0.29) is 29.9 Å². The van der Waals surface area contributed by atoms with Gasteiger partial charge in [-0.3, -0.25) is 4.79 Å². The zero-order valence-electron chi connectivity index (χ0n) is 16.8. The minimum atomic E-state index is 0. The van der Waals surface area contributed by atoms with Gasteiger partial charge < -0.3 is 20.0 Å². The van der Waals surface area contributed by atoms with Crippen molar-refractivity contribution in [2.75, 3.05) is 26.2 Å². The molecule has 0 aliphatic carbocycles. The monoisotopic (exact) mass is 499 g/mol. The van der Waals surface area contributed by atoms with E-state index >= 15 is 0 Å². The Hall–Kier alpha value is -2.10. The van der Waals surface area contributed by atoms with Gasteiger partial charge in [-0.05, 0) is 32.9 Å². The van der Waals surface area contributed by atoms with E-state index in [2.05, 4.69) is 20.6 Å². The van der Waals surface area contributed by atoms with Gasteiger partial charge in [0, 0.05) is 38.2 Å². The summed E-state index contributed by atoms with van der Waals surface area (Å²) in [6, 6.07) is 9.76. The quantitative estimate of drug-likeness (QED) is 0.315. The molecule has 0 radical (unpaired) electrons. The second-order valence-corrected chi connectivity index (χ2v) is 5.95. The third-order valence-corrected chi connectivity index (χ3v) is 4.06. The number of hydrogen-bond donors (Lipinski definition) is 2. The van der Waals surface area contributed by atoms with Crippen molar-refractivity contribution < 1.29 is 9.21 Å². The molecule has 154 valence electrons. The molecule has 7 nitrogen and oxygen atoms in total. The van der Waals surface area contributed by atoms with Crippen molar-refractivity contribution in [1.29, 1.82) is 0 Å². The zero-order chi connectivity index (χ0) is 19.5. The predicted octanol–water partition coefficient (Wildman–Crippen LogP) is 3.27. The molecule has 0 aliphatic heterocycles. The van der Waals surface area contributed by atoms with Gasteiger partial charge >= 0.3 is 0 Å². The second kappa shape index (κ2) is 13.1. The highest BCUT2D eigenvalue weighted by Crippen LogP contribution is 2.18. The van der Waals surface area contributed by atoms with Gasteiger partial charge in [0.1, 0.15) is 12.0 Å². The van der Waals surface area contributed by atoms with Crippen molar-refractivity contribution in [3.8, 4) is 11.5 Å². The average molecular weight is 499 g/mol. The Kier molecular flexibility index (Phi) is 11.2. The van der Waals surface area contributed by atoms with Gasteiger partial charge in [0.05, 0.1) is 6.54 Å². The molecule has 0 bridgehead atoms. The lowest BCUT2D eigenvalue weighted by Crippen LogP contribution is -2.40. The lowest BCUT2D eigenvalue weighted by atomic mass is 10.2. The highest BCUT2D eigenvalue weighted by atomic mass is 127. The van der Waals surface area contributed by atoms with E-state index in [4.69, 9.17) is 4.42 Å². The topological polar surface area (TPSA) is 82.8 Å². The van der Waals surface area contributed by atoms with E-state index in [1.54, 1.807) is 6.26 Å². The van der Waals surface area contributed by atoms with E-state index in [9.17, 15) is 4.79 Å². The summed E-state index contributed by atoms with van der Waals surface area (Å²) in [5.74, 6) is 1.39. The third kappa shape index (κ3) is 7.49. The van der Waals surface area contributed by atoms with Gasteiger partial charge in [-0.1, -0.05) is 18.2 Å². The first kappa shape index (κ1) is 23.9. The van der Waals surface area contributed by atoms with Crippen LogP contribution in [0.15, 0.2) is 46.0 Å². The maximum atomic E-state index is 12.1. The van der Waals surface area contributed by atoms with Crippen LogP contribution >= 0.6 is 24.0 Å². The van der Waals surface area contributed by atoms with Crippen molar-refractivity contribution in [3.05, 3.63) is 42.3 Å². The van der Waals surface area contributed by atoms with Crippen LogP contribution in [0.3, 0.4) is 0 Å². The minimum absolute atomic E-state index is 0. The number of guanidine groups is 1. The number of carbonyl (C=O) groups is 1. The number of aromatic nitrogens is 1. The average Bonchev–Trinajstić information content (AvgIpc) is 3.17. The van der Waals surface area contributed by atoms with E-state index < -0.39 is 0 Å². The molecule has 8 heteroatoms. The Morgan fingerprint density at radius 1 is 1.14 bits per heavy atom. The Balaban J connectivity index is 0.00000392. The smallest absolute Gasteiger partial charge is 0.226 e. The van der Waals surface area contributed by atoms with Crippen molar-refractivity contribution in [2.24, 2.45) is 4.99 Å². The van der Waals surface area contributed by atoms with Crippen molar-refractivity contribution in [1.82, 2.24) is 20.5 Å². The highest BCUT2D eigenvalue weighted by Gasteiger charge is 2.10. The number of carbonyl (C=O) groups excluding carboxylic acids is 1. The van der Waals surface area contributed by atoms with Gasteiger partial charge in [-0.25, -0.2) is 9.98 Å². The van der Waals surface area contributed by atoms with Crippen LogP contribution in [0.1, 0.15) is 32.9 Å². The first-order chi connectivity index (χ1) is 13.2. The lowest BCUT2D eigenvalue weighted by molar-refractivity contribution is -0.130. The molecule has 1 heterocycles. The van der Waals surface area contributed by atoms with E-state index in [0.29, 0.717) is 31.4 Å². The van der Waals surface area contributed by atoms with E-state index in [1.807, 2.05) is 56.0 Å². The molecule has 1 amide bonds. The molecule has 0 unspecified atom stereocenters. The number of rotatable bonds is 9.